The molecule has 0 amide bonds. The largest absolute Gasteiger partial charge is 0.426 e. The van der Waals surface area contributed by atoms with Crippen molar-refractivity contribution in [1.82, 2.24) is 9.97 Å². The lowest BCUT2D eigenvalue weighted by atomic mass is 9.78. The molecule has 0 saturated heterocycles. The number of esters is 2. The van der Waals surface area contributed by atoms with Crippen LogP contribution in [0.5, 0.6) is 11.8 Å². The first-order valence-electron chi connectivity index (χ1n) is 15.3. The highest BCUT2D eigenvalue weighted by atomic mass is 19.1. The van der Waals surface area contributed by atoms with Crippen molar-refractivity contribution in [2.75, 3.05) is 5.73 Å². The van der Waals surface area contributed by atoms with Crippen LogP contribution in [0.4, 0.5) is 10.2 Å². The number of aromatic nitrogens is 2. The van der Waals surface area contributed by atoms with Crippen LogP contribution >= 0.6 is 0 Å². The van der Waals surface area contributed by atoms with Gasteiger partial charge in [0.15, 0.2) is 11.6 Å². The van der Waals surface area contributed by atoms with Crippen molar-refractivity contribution in [1.29, 1.82) is 0 Å². The zero-order chi connectivity index (χ0) is 30.3. The summed E-state index contributed by atoms with van der Waals surface area (Å²) >= 11 is 0. The summed E-state index contributed by atoms with van der Waals surface area (Å²) in [5.74, 6) is -1.60. The standard InChI is InChI=1S/C33H50FN3O4/c1-6-7-8-9-10-11-12-13-14-15-16-17-18-19-28(38)40-27-21-24(2)20-25(3)30(27)33(4,5)22-29(39)41-32-36-23-26(34)31(35)37-32/h20-21,23H,6-19,22H2,1-5H3,(H2,35,36,37). The number of hydrogen-bond acceptors (Lipinski definition) is 7. The van der Waals surface area contributed by atoms with Gasteiger partial charge in [0.05, 0.1) is 12.6 Å². The average molecular weight is 572 g/mol. The number of carbonyl (C=O) groups excluding carboxylic acids is 2. The highest BCUT2D eigenvalue weighted by Crippen LogP contribution is 2.38. The quantitative estimate of drug-likeness (QED) is 0.102. The van der Waals surface area contributed by atoms with Gasteiger partial charge in [0, 0.05) is 17.4 Å². The Morgan fingerprint density at radius 2 is 1.41 bits per heavy atom. The van der Waals surface area contributed by atoms with E-state index in [-0.39, 0.29) is 18.4 Å². The molecule has 0 radical (unpaired) electrons. The Hall–Kier alpha value is -3.03. The lowest BCUT2D eigenvalue weighted by molar-refractivity contribution is -0.136. The van der Waals surface area contributed by atoms with Crippen LogP contribution in [-0.4, -0.2) is 21.9 Å². The molecular formula is C33H50FN3O4. The molecule has 0 saturated carbocycles. The smallest absolute Gasteiger partial charge is 0.326 e. The third-order valence-electron chi connectivity index (χ3n) is 7.37. The van der Waals surface area contributed by atoms with E-state index in [1.807, 2.05) is 39.8 Å². The molecule has 2 rings (SSSR count). The number of rotatable bonds is 19. The molecule has 0 aliphatic rings. The number of ether oxygens (including phenoxy) is 2. The first-order valence-corrected chi connectivity index (χ1v) is 15.3. The van der Waals surface area contributed by atoms with E-state index in [4.69, 9.17) is 15.2 Å². The number of anilines is 1. The van der Waals surface area contributed by atoms with Crippen LogP contribution in [0, 0.1) is 19.7 Å². The molecular weight excluding hydrogens is 521 g/mol. The first kappa shape index (κ1) is 34.2. The average Bonchev–Trinajstić information content (AvgIpc) is 2.88. The van der Waals surface area contributed by atoms with Gasteiger partial charge in [-0.1, -0.05) is 104 Å². The van der Waals surface area contributed by atoms with Gasteiger partial charge in [-0.3, -0.25) is 9.59 Å². The maximum Gasteiger partial charge on any atom is 0.326 e. The number of benzene rings is 1. The number of nitrogens with two attached hydrogens (primary N) is 1. The van der Waals surface area contributed by atoms with Crippen LogP contribution in [0.2, 0.25) is 0 Å². The van der Waals surface area contributed by atoms with Gasteiger partial charge < -0.3 is 15.2 Å². The molecule has 1 heterocycles. The Morgan fingerprint density at radius 3 is 1.98 bits per heavy atom. The topological polar surface area (TPSA) is 104 Å². The zero-order valence-electron chi connectivity index (χ0n) is 25.8. The Morgan fingerprint density at radius 1 is 0.854 bits per heavy atom. The summed E-state index contributed by atoms with van der Waals surface area (Å²) in [6.45, 7) is 9.90. The van der Waals surface area contributed by atoms with Crippen molar-refractivity contribution < 1.29 is 23.5 Å². The van der Waals surface area contributed by atoms with Gasteiger partial charge in [-0.2, -0.15) is 4.98 Å². The molecule has 2 aromatic rings. The molecule has 0 spiro atoms. The zero-order valence-corrected chi connectivity index (χ0v) is 25.8. The molecule has 0 aliphatic heterocycles. The van der Waals surface area contributed by atoms with Crippen molar-refractivity contribution in [3.63, 3.8) is 0 Å². The molecule has 228 valence electrons. The van der Waals surface area contributed by atoms with Crippen LogP contribution in [0.15, 0.2) is 18.3 Å². The Bertz CT molecular complexity index is 1120. The summed E-state index contributed by atoms with van der Waals surface area (Å²) in [5, 5.41) is 0. The lowest BCUT2D eigenvalue weighted by Gasteiger charge is -2.28. The monoisotopic (exact) mass is 571 g/mol. The van der Waals surface area contributed by atoms with E-state index in [0.29, 0.717) is 12.2 Å². The highest BCUT2D eigenvalue weighted by Gasteiger charge is 2.31. The van der Waals surface area contributed by atoms with Crippen LogP contribution in [0.1, 0.15) is 134 Å². The normalized spacial score (nSPS) is 11.5. The van der Waals surface area contributed by atoms with Crippen LogP contribution in [0.25, 0.3) is 0 Å². The second-order valence-corrected chi connectivity index (χ2v) is 11.8. The summed E-state index contributed by atoms with van der Waals surface area (Å²) in [6, 6.07) is 3.52. The second kappa shape index (κ2) is 17.7. The molecule has 0 unspecified atom stereocenters. The summed E-state index contributed by atoms with van der Waals surface area (Å²) < 4.78 is 24.4. The molecule has 0 fully saturated rings. The molecule has 41 heavy (non-hydrogen) atoms. The van der Waals surface area contributed by atoms with E-state index < -0.39 is 23.0 Å². The molecule has 0 aliphatic carbocycles. The third-order valence-corrected chi connectivity index (χ3v) is 7.37. The molecule has 2 N–H and O–H groups in total. The van der Waals surface area contributed by atoms with Crippen molar-refractivity contribution in [2.45, 2.75) is 136 Å². The van der Waals surface area contributed by atoms with E-state index in [1.165, 1.54) is 64.2 Å². The van der Waals surface area contributed by atoms with E-state index in [0.717, 1.165) is 42.1 Å². The van der Waals surface area contributed by atoms with Gasteiger partial charge in [-0.15, -0.1) is 0 Å². The van der Waals surface area contributed by atoms with Crippen molar-refractivity contribution in [3.05, 3.63) is 40.8 Å². The number of aryl methyl sites for hydroxylation is 2. The number of halogens is 1. The van der Waals surface area contributed by atoms with Crippen molar-refractivity contribution >= 4 is 17.8 Å². The van der Waals surface area contributed by atoms with Crippen molar-refractivity contribution in [2.24, 2.45) is 0 Å². The van der Waals surface area contributed by atoms with E-state index in [2.05, 4.69) is 16.9 Å². The third kappa shape index (κ3) is 12.6. The van der Waals surface area contributed by atoms with E-state index in [9.17, 15) is 14.0 Å². The van der Waals surface area contributed by atoms with Gasteiger partial charge in [-0.25, -0.2) is 9.37 Å². The Labute approximate surface area is 245 Å². The number of hydrogen-bond donors (Lipinski definition) is 1. The van der Waals surface area contributed by atoms with Crippen LogP contribution in [0.3, 0.4) is 0 Å². The molecule has 8 heteroatoms. The maximum atomic E-state index is 13.3. The Balaban J connectivity index is 1.81. The second-order valence-electron chi connectivity index (χ2n) is 11.8. The van der Waals surface area contributed by atoms with E-state index >= 15 is 0 Å². The van der Waals surface area contributed by atoms with Gasteiger partial charge in [0.25, 0.3) is 0 Å². The predicted molar refractivity (Wildman–Crippen MR) is 162 cm³/mol. The minimum absolute atomic E-state index is 0.0407. The molecule has 0 atom stereocenters. The summed E-state index contributed by atoms with van der Waals surface area (Å²) in [6.07, 6.45) is 17.4. The fourth-order valence-electron chi connectivity index (χ4n) is 5.34. The highest BCUT2D eigenvalue weighted by molar-refractivity contribution is 5.75. The summed E-state index contributed by atoms with van der Waals surface area (Å²) in [7, 11) is 0. The molecule has 7 nitrogen and oxygen atoms in total. The fraction of sp³-hybridized carbons (Fsp3) is 0.636. The SMILES string of the molecule is CCCCCCCCCCCCCCCC(=O)Oc1cc(C)cc(C)c1C(C)(C)CC(=O)Oc1ncc(F)c(N)n1. The summed E-state index contributed by atoms with van der Waals surface area (Å²) in [4.78, 5) is 32.8. The van der Waals surface area contributed by atoms with Gasteiger partial charge in [0.2, 0.25) is 0 Å². The van der Waals surface area contributed by atoms with Gasteiger partial charge in [0.1, 0.15) is 5.75 Å². The van der Waals surface area contributed by atoms with E-state index in [1.54, 1.807) is 0 Å². The molecule has 1 aromatic carbocycles. The van der Waals surface area contributed by atoms with Gasteiger partial charge in [-0.05, 0) is 37.5 Å². The molecule has 0 bridgehead atoms. The molecule has 1 aromatic heterocycles. The van der Waals surface area contributed by atoms with Crippen LogP contribution in [-0.2, 0) is 15.0 Å². The number of unbranched alkanes of at least 4 members (excludes halogenated alkanes) is 12. The minimum Gasteiger partial charge on any atom is -0.426 e. The lowest BCUT2D eigenvalue weighted by Crippen LogP contribution is -2.27. The van der Waals surface area contributed by atoms with Crippen molar-refractivity contribution in [3.8, 4) is 11.8 Å². The first-order chi connectivity index (χ1) is 19.5. The number of nitrogens with zero attached hydrogens (tertiary/aromatic N) is 2. The predicted octanol–water partition coefficient (Wildman–Crippen LogP) is 8.47. The number of carbonyl (C=O) groups is 2. The number of nitrogen functional groups attached to an aromatic ring is 1. The fourth-order valence-corrected chi connectivity index (χ4v) is 5.34. The Kier molecular flexibility index (Phi) is 14.8. The summed E-state index contributed by atoms with van der Waals surface area (Å²) in [5.41, 5.74) is 7.35. The minimum atomic E-state index is -0.786. The van der Waals surface area contributed by atoms with Gasteiger partial charge >= 0.3 is 17.9 Å². The van der Waals surface area contributed by atoms with Crippen LogP contribution < -0.4 is 15.2 Å². The maximum absolute atomic E-state index is 13.3.